The molecule has 0 bridgehead atoms. The molecule has 0 radical (unpaired) electrons. The first-order valence-corrected chi connectivity index (χ1v) is 9.80. The van der Waals surface area contributed by atoms with Crippen LogP contribution in [0.25, 0.3) is 11.3 Å². The Morgan fingerprint density at radius 1 is 1.13 bits per heavy atom. The Hall–Kier alpha value is -3.96. The molecule has 0 spiro atoms. The van der Waals surface area contributed by atoms with E-state index in [-0.39, 0.29) is 5.56 Å². The molecule has 2 N–H and O–H groups in total. The molecular formula is C23H22N6O2. The molecule has 156 valence electrons. The van der Waals surface area contributed by atoms with Crippen molar-refractivity contribution < 1.29 is 12.3 Å². The predicted molar refractivity (Wildman–Crippen MR) is 118 cm³/mol. The van der Waals surface area contributed by atoms with E-state index in [9.17, 15) is 4.79 Å². The summed E-state index contributed by atoms with van der Waals surface area (Å²) in [7, 11) is 0. The van der Waals surface area contributed by atoms with Gasteiger partial charge in [0.15, 0.2) is 0 Å². The maximum Gasteiger partial charge on any atom is 0.252 e. The van der Waals surface area contributed by atoms with E-state index in [1.165, 1.54) is 6.07 Å². The number of hydrogen-bond donors (Lipinski definition) is 2. The molecule has 1 saturated heterocycles. The number of morpholine rings is 1. The average Bonchev–Trinajstić information content (AvgIpc) is 2.85. The number of nitrogens with zero attached hydrogens (tertiary/aromatic N) is 4. The minimum Gasteiger partial charge on any atom is -0.378 e. The van der Waals surface area contributed by atoms with Crippen molar-refractivity contribution in [3.05, 3.63) is 66.4 Å². The molecule has 0 unspecified atom stereocenters. The standard InChI is InChI=1S/C23H22N6O2/c24-10-12-25-22(30)18-3-1-17(2-4-18)21-9-11-26-23(28-21)27-19-5-7-20(8-6-19)29-13-15-31-16-14-29/h1-9,11H,12-16H2,(H,25,30)(H,26,27,28)/i10+1,12D2. The van der Waals surface area contributed by atoms with E-state index in [1.54, 1.807) is 36.5 Å². The fourth-order valence-corrected chi connectivity index (χ4v) is 3.24. The van der Waals surface area contributed by atoms with Gasteiger partial charge in [0, 0.05) is 41.8 Å². The maximum atomic E-state index is 12.1. The number of rotatable bonds is 6. The molecule has 1 fully saturated rings. The van der Waals surface area contributed by atoms with Crippen molar-refractivity contribution in [3.8, 4) is 17.3 Å². The van der Waals surface area contributed by atoms with E-state index in [1.807, 2.05) is 17.4 Å². The normalized spacial score (nSPS) is 14.7. The second-order valence-corrected chi connectivity index (χ2v) is 6.81. The van der Waals surface area contributed by atoms with Crippen LogP contribution in [0.5, 0.6) is 0 Å². The monoisotopic (exact) mass is 417 g/mol. The summed E-state index contributed by atoms with van der Waals surface area (Å²) < 4.78 is 20.1. The van der Waals surface area contributed by atoms with Crippen LogP contribution < -0.4 is 15.5 Å². The van der Waals surface area contributed by atoms with Gasteiger partial charge in [0.2, 0.25) is 5.95 Å². The van der Waals surface area contributed by atoms with Crippen molar-refractivity contribution in [3.63, 3.8) is 0 Å². The third kappa shape index (κ3) is 5.15. The molecule has 2 heterocycles. The summed E-state index contributed by atoms with van der Waals surface area (Å²) in [5.74, 6) is -0.227. The van der Waals surface area contributed by atoms with E-state index < -0.39 is 12.4 Å². The number of ether oxygens (including phenoxy) is 1. The Labute approximate surface area is 183 Å². The van der Waals surface area contributed by atoms with Crippen molar-refractivity contribution in [1.29, 1.82) is 5.26 Å². The van der Waals surface area contributed by atoms with Crippen LogP contribution in [0.4, 0.5) is 17.3 Å². The van der Waals surface area contributed by atoms with Crippen LogP contribution in [-0.2, 0) is 4.74 Å². The van der Waals surface area contributed by atoms with Crippen molar-refractivity contribution in [2.75, 3.05) is 43.0 Å². The minimum absolute atomic E-state index is 0.241. The zero-order valence-electron chi connectivity index (χ0n) is 18.7. The first kappa shape index (κ1) is 17.9. The Morgan fingerprint density at radius 2 is 1.87 bits per heavy atom. The molecule has 2 aromatic carbocycles. The molecule has 3 aromatic rings. The van der Waals surface area contributed by atoms with Gasteiger partial charge >= 0.3 is 0 Å². The molecular weight excluding hydrogens is 393 g/mol. The summed E-state index contributed by atoms with van der Waals surface area (Å²) in [5, 5.41) is 14.0. The van der Waals surface area contributed by atoms with Gasteiger partial charge in [-0.2, -0.15) is 5.26 Å². The SMILES string of the molecule is [2H]C([2H])([13C]#N)NC(=O)c1ccc(-c2ccnc(Nc3ccc(N4CCOCC4)cc3)n2)cc1. The molecule has 0 atom stereocenters. The largest absolute Gasteiger partial charge is 0.378 e. The van der Waals surface area contributed by atoms with Crippen LogP contribution in [0, 0.1) is 11.3 Å². The van der Waals surface area contributed by atoms with Gasteiger partial charge in [-0.3, -0.25) is 4.79 Å². The third-order valence-electron chi connectivity index (χ3n) is 4.83. The molecule has 31 heavy (non-hydrogen) atoms. The van der Waals surface area contributed by atoms with Crippen LogP contribution in [0.2, 0.25) is 0 Å². The van der Waals surface area contributed by atoms with E-state index in [0.717, 1.165) is 43.2 Å². The van der Waals surface area contributed by atoms with Gasteiger partial charge in [0.25, 0.3) is 5.91 Å². The second-order valence-electron chi connectivity index (χ2n) is 6.81. The molecule has 1 aliphatic heterocycles. The van der Waals surface area contributed by atoms with Gasteiger partial charge in [0.05, 0.1) is 27.7 Å². The highest BCUT2D eigenvalue weighted by molar-refractivity contribution is 5.94. The van der Waals surface area contributed by atoms with Crippen LogP contribution in [-0.4, -0.2) is 48.7 Å². The van der Waals surface area contributed by atoms with Gasteiger partial charge in [-0.25, -0.2) is 9.97 Å². The quantitative estimate of drug-likeness (QED) is 0.469. The lowest BCUT2D eigenvalue weighted by molar-refractivity contribution is 0.0958. The molecule has 0 saturated carbocycles. The second kappa shape index (κ2) is 9.69. The minimum atomic E-state index is -2.43. The van der Waals surface area contributed by atoms with Gasteiger partial charge in [-0.05, 0) is 42.5 Å². The van der Waals surface area contributed by atoms with Crippen molar-refractivity contribution in [2.45, 2.75) is 0 Å². The molecule has 1 aromatic heterocycles. The number of anilines is 3. The van der Waals surface area contributed by atoms with Gasteiger partial charge in [-0.15, -0.1) is 0 Å². The highest BCUT2D eigenvalue weighted by atomic mass is 16.5. The maximum absolute atomic E-state index is 12.1. The lowest BCUT2D eigenvalue weighted by Crippen LogP contribution is -2.36. The fourth-order valence-electron chi connectivity index (χ4n) is 3.24. The Kier molecular flexibility index (Phi) is 5.59. The number of hydrogen-bond acceptors (Lipinski definition) is 7. The molecule has 0 aliphatic carbocycles. The summed E-state index contributed by atoms with van der Waals surface area (Å²) in [4.78, 5) is 23.2. The summed E-state index contributed by atoms with van der Waals surface area (Å²) >= 11 is 0. The molecule has 1 aliphatic rings. The number of benzene rings is 2. The van der Waals surface area contributed by atoms with Crippen LogP contribution in [0.15, 0.2) is 60.8 Å². The van der Waals surface area contributed by atoms with E-state index in [4.69, 9.17) is 12.7 Å². The average molecular weight is 417 g/mol. The topological polar surface area (TPSA) is 103 Å². The summed E-state index contributed by atoms with van der Waals surface area (Å²) in [6, 6.07) is 17.7. The summed E-state index contributed by atoms with van der Waals surface area (Å²) in [6.07, 6.45) is 1.65. The van der Waals surface area contributed by atoms with E-state index >= 15 is 0 Å². The number of aromatic nitrogens is 2. The molecule has 8 heteroatoms. The lowest BCUT2D eigenvalue weighted by Gasteiger charge is -2.28. The molecule has 1 amide bonds. The summed E-state index contributed by atoms with van der Waals surface area (Å²) in [6.45, 7) is 0.805. The van der Waals surface area contributed by atoms with Gasteiger partial charge < -0.3 is 20.3 Å². The third-order valence-corrected chi connectivity index (χ3v) is 4.83. The predicted octanol–water partition coefficient (Wildman–Crippen LogP) is 2.98. The number of nitrogens with one attached hydrogen (secondary N) is 2. The highest BCUT2D eigenvalue weighted by Crippen LogP contribution is 2.22. The lowest BCUT2D eigenvalue weighted by atomic mass is 10.1. The Bertz CT molecular complexity index is 1160. The number of nitriles is 1. The first-order chi connectivity index (χ1) is 15.9. The Balaban J connectivity index is 1.43. The van der Waals surface area contributed by atoms with Crippen molar-refractivity contribution in [1.82, 2.24) is 15.3 Å². The number of carbonyl (C=O) groups excluding carboxylic acids is 1. The van der Waals surface area contributed by atoms with Gasteiger partial charge in [0.1, 0.15) is 6.50 Å². The molecule has 4 rings (SSSR count). The first-order valence-electron chi connectivity index (χ1n) is 10.8. The van der Waals surface area contributed by atoms with Crippen LogP contribution in [0.3, 0.4) is 0 Å². The van der Waals surface area contributed by atoms with Crippen LogP contribution >= 0.6 is 0 Å². The van der Waals surface area contributed by atoms with E-state index in [0.29, 0.717) is 11.6 Å². The van der Waals surface area contributed by atoms with Crippen LogP contribution in [0.1, 0.15) is 13.1 Å². The summed E-state index contributed by atoms with van der Waals surface area (Å²) in [5.41, 5.74) is 3.68. The van der Waals surface area contributed by atoms with Crippen molar-refractivity contribution >= 4 is 23.2 Å². The smallest absolute Gasteiger partial charge is 0.252 e. The zero-order valence-corrected chi connectivity index (χ0v) is 16.7. The number of amides is 1. The fraction of sp³-hybridized carbons (Fsp3) is 0.217. The highest BCUT2D eigenvalue weighted by Gasteiger charge is 2.11. The number of carbonyl (C=O) groups is 1. The Morgan fingerprint density at radius 3 is 2.58 bits per heavy atom. The van der Waals surface area contributed by atoms with E-state index in [2.05, 4.69) is 32.3 Å². The van der Waals surface area contributed by atoms with Gasteiger partial charge in [-0.1, -0.05) is 12.1 Å². The van der Waals surface area contributed by atoms with Crippen molar-refractivity contribution in [2.24, 2.45) is 0 Å². The zero-order chi connectivity index (χ0) is 23.3. The molecule has 8 nitrogen and oxygen atoms in total.